The molecule has 0 unspecified atom stereocenters. The van der Waals surface area contributed by atoms with E-state index in [1.54, 1.807) is 0 Å². The van der Waals surface area contributed by atoms with Crippen LogP contribution in [-0.4, -0.2) is 21.6 Å². The van der Waals surface area contributed by atoms with Gasteiger partial charge in [0.1, 0.15) is 0 Å². The fourth-order valence-corrected chi connectivity index (χ4v) is 1.99. The Kier molecular flexibility index (Phi) is 3.06. The quantitative estimate of drug-likeness (QED) is 0.717. The monoisotopic (exact) mass is 250 g/mol. The first kappa shape index (κ1) is 11.6. The van der Waals surface area contributed by atoms with Crippen molar-refractivity contribution in [2.24, 2.45) is 0 Å². The minimum Gasteiger partial charge on any atom is -0.464 e. The molecule has 2 aromatic carbocycles. The van der Waals surface area contributed by atoms with E-state index in [0.29, 0.717) is 18.4 Å². The number of ether oxygens (including phenoxy) is 1. The van der Waals surface area contributed by atoms with E-state index in [1.165, 1.54) is 0 Å². The summed E-state index contributed by atoms with van der Waals surface area (Å²) in [5.74, 6) is 0.579. The summed E-state index contributed by atoms with van der Waals surface area (Å²) in [5.41, 5.74) is 0.956. The molecule has 0 atom stereocenters. The van der Waals surface area contributed by atoms with Crippen molar-refractivity contribution in [1.82, 2.24) is 15.0 Å². The molecule has 19 heavy (non-hydrogen) atoms. The maximum absolute atomic E-state index is 5.29. The summed E-state index contributed by atoms with van der Waals surface area (Å²) in [6.45, 7) is 2.41. The largest absolute Gasteiger partial charge is 0.464 e. The SMILES string of the molecule is CCOc1n[c]nc(-c2cccc3ccccc23)n1. The lowest BCUT2D eigenvalue weighted by Crippen LogP contribution is -2.00. The van der Waals surface area contributed by atoms with Gasteiger partial charge in [-0.15, -0.1) is 0 Å². The van der Waals surface area contributed by atoms with Crippen molar-refractivity contribution >= 4 is 10.8 Å². The topological polar surface area (TPSA) is 47.9 Å². The number of hydrogen-bond acceptors (Lipinski definition) is 4. The number of benzene rings is 2. The van der Waals surface area contributed by atoms with Crippen LogP contribution in [0.15, 0.2) is 42.5 Å². The van der Waals surface area contributed by atoms with Crippen LogP contribution >= 0.6 is 0 Å². The minimum absolute atomic E-state index is 0.306. The fraction of sp³-hybridized carbons (Fsp3) is 0.133. The molecule has 0 aliphatic carbocycles. The summed E-state index contributed by atoms with van der Waals surface area (Å²) >= 11 is 0. The van der Waals surface area contributed by atoms with Gasteiger partial charge in [-0.2, -0.15) is 9.97 Å². The molecular formula is C15H12N3O. The van der Waals surface area contributed by atoms with E-state index in [-0.39, 0.29) is 0 Å². The molecule has 0 aliphatic heterocycles. The molecule has 0 saturated heterocycles. The van der Waals surface area contributed by atoms with E-state index in [9.17, 15) is 0 Å². The molecule has 0 aliphatic rings. The van der Waals surface area contributed by atoms with Crippen LogP contribution in [0.1, 0.15) is 6.92 Å². The van der Waals surface area contributed by atoms with Crippen molar-refractivity contribution in [2.75, 3.05) is 6.61 Å². The lowest BCUT2D eigenvalue weighted by Gasteiger charge is -2.06. The molecule has 1 heterocycles. The zero-order valence-corrected chi connectivity index (χ0v) is 10.5. The van der Waals surface area contributed by atoms with Gasteiger partial charge in [0, 0.05) is 5.56 Å². The molecule has 0 saturated carbocycles. The highest BCUT2D eigenvalue weighted by Crippen LogP contribution is 2.26. The van der Waals surface area contributed by atoms with Crippen LogP contribution in [-0.2, 0) is 0 Å². The molecule has 3 aromatic rings. The molecule has 0 amide bonds. The van der Waals surface area contributed by atoms with E-state index in [4.69, 9.17) is 4.74 Å². The van der Waals surface area contributed by atoms with Gasteiger partial charge in [0.15, 0.2) is 5.82 Å². The minimum atomic E-state index is 0.306. The van der Waals surface area contributed by atoms with Crippen LogP contribution in [0.4, 0.5) is 0 Å². The van der Waals surface area contributed by atoms with Gasteiger partial charge < -0.3 is 4.74 Å². The Balaban J connectivity index is 2.16. The Hall–Kier alpha value is -2.49. The third-order valence-electron chi connectivity index (χ3n) is 2.81. The first-order valence-corrected chi connectivity index (χ1v) is 6.11. The van der Waals surface area contributed by atoms with Crippen molar-refractivity contribution in [3.8, 4) is 17.4 Å². The Morgan fingerprint density at radius 2 is 1.89 bits per heavy atom. The third-order valence-corrected chi connectivity index (χ3v) is 2.81. The average Bonchev–Trinajstić information content (AvgIpc) is 2.47. The van der Waals surface area contributed by atoms with Gasteiger partial charge in [-0.1, -0.05) is 42.5 Å². The molecule has 4 heteroatoms. The maximum Gasteiger partial charge on any atom is 0.320 e. The molecule has 1 radical (unpaired) electrons. The van der Waals surface area contributed by atoms with Gasteiger partial charge >= 0.3 is 6.01 Å². The van der Waals surface area contributed by atoms with Crippen LogP contribution in [0.3, 0.4) is 0 Å². The number of rotatable bonds is 3. The summed E-state index contributed by atoms with van der Waals surface area (Å²) in [6, 6.07) is 14.5. The fourth-order valence-electron chi connectivity index (χ4n) is 1.99. The number of hydrogen-bond donors (Lipinski definition) is 0. The maximum atomic E-state index is 5.29. The molecule has 4 nitrogen and oxygen atoms in total. The number of fused-ring (bicyclic) bond motifs is 1. The van der Waals surface area contributed by atoms with Crippen molar-refractivity contribution < 1.29 is 4.74 Å². The molecule has 3 rings (SSSR count). The van der Waals surface area contributed by atoms with Gasteiger partial charge in [0.05, 0.1) is 6.61 Å². The third kappa shape index (κ3) is 2.25. The van der Waals surface area contributed by atoms with Crippen LogP contribution in [0, 0.1) is 6.33 Å². The first-order valence-electron chi connectivity index (χ1n) is 6.11. The molecule has 93 valence electrons. The van der Waals surface area contributed by atoms with E-state index in [2.05, 4.69) is 39.5 Å². The molecule has 0 N–H and O–H groups in total. The average molecular weight is 250 g/mol. The predicted octanol–water partition coefficient (Wildman–Crippen LogP) is 2.89. The van der Waals surface area contributed by atoms with Gasteiger partial charge in [0.25, 0.3) is 0 Å². The summed E-state index contributed by atoms with van der Waals surface area (Å²) in [6.07, 6.45) is 2.59. The smallest absolute Gasteiger partial charge is 0.320 e. The van der Waals surface area contributed by atoms with Crippen LogP contribution in [0.5, 0.6) is 6.01 Å². The van der Waals surface area contributed by atoms with Crippen LogP contribution < -0.4 is 4.74 Å². The van der Waals surface area contributed by atoms with Crippen LogP contribution in [0.25, 0.3) is 22.2 Å². The van der Waals surface area contributed by atoms with Gasteiger partial charge in [-0.25, -0.2) is 4.98 Å². The predicted molar refractivity (Wildman–Crippen MR) is 72.8 cm³/mol. The van der Waals surface area contributed by atoms with E-state index < -0.39 is 0 Å². The Morgan fingerprint density at radius 1 is 1.05 bits per heavy atom. The Labute approximate surface area is 111 Å². The van der Waals surface area contributed by atoms with Crippen molar-refractivity contribution in [1.29, 1.82) is 0 Å². The van der Waals surface area contributed by atoms with Crippen molar-refractivity contribution in [2.45, 2.75) is 6.92 Å². The van der Waals surface area contributed by atoms with E-state index >= 15 is 0 Å². The second-order valence-electron chi connectivity index (χ2n) is 4.00. The Morgan fingerprint density at radius 3 is 2.79 bits per heavy atom. The number of aromatic nitrogens is 3. The highest BCUT2D eigenvalue weighted by Gasteiger charge is 2.08. The normalized spacial score (nSPS) is 10.6. The van der Waals surface area contributed by atoms with E-state index in [1.807, 2.05) is 31.2 Å². The summed E-state index contributed by atoms with van der Waals surface area (Å²) in [7, 11) is 0. The van der Waals surface area contributed by atoms with Crippen LogP contribution in [0.2, 0.25) is 0 Å². The van der Waals surface area contributed by atoms with Gasteiger partial charge in [-0.05, 0) is 17.7 Å². The van der Waals surface area contributed by atoms with Crippen molar-refractivity contribution in [3.05, 3.63) is 48.8 Å². The second-order valence-corrected chi connectivity index (χ2v) is 4.00. The lowest BCUT2D eigenvalue weighted by atomic mass is 10.0. The summed E-state index contributed by atoms with van der Waals surface area (Å²) in [5, 5.41) is 2.26. The van der Waals surface area contributed by atoms with Gasteiger partial charge in [-0.3, -0.25) is 0 Å². The molecule has 0 fully saturated rings. The van der Waals surface area contributed by atoms with E-state index in [0.717, 1.165) is 16.3 Å². The standard InChI is InChI=1S/C15H12N3O/c1-2-19-15-17-10-16-14(18-15)13-9-5-7-11-6-3-4-8-12(11)13/h3-9H,2H2,1H3. The Bertz CT molecular complexity index is 707. The molecule has 0 spiro atoms. The molecular weight excluding hydrogens is 238 g/mol. The zero-order chi connectivity index (χ0) is 13.1. The lowest BCUT2D eigenvalue weighted by molar-refractivity contribution is 0.311. The first-order chi connectivity index (χ1) is 9.38. The summed E-state index contributed by atoms with van der Waals surface area (Å²) < 4.78 is 5.29. The number of nitrogens with zero attached hydrogens (tertiary/aromatic N) is 3. The highest BCUT2D eigenvalue weighted by molar-refractivity contribution is 5.94. The highest BCUT2D eigenvalue weighted by atomic mass is 16.5. The molecule has 1 aromatic heterocycles. The van der Waals surface area contributed by atoms with Crippen molar-refractivity contribution in [3.63, 3.8) is 0 Å². The summed E-state index contributed by atoms with van der Waals surface area (Å²) in [4.78, 5) is 12.3. The van der Waals surface area contributed by atoms with Gasteiger partial charge in [0.2, 0.25) is 6.33 Å². The molecule has 0 bridgehead atoms. The second kappa shape index (κ2) is 5.02. The zero-order valence-electron chi connectivity index (χ0n) is 10.5.